The normalized spacial score (nSPS) is 13.5. The Labute approximate surface area is 132 Å². The summed E-state index contributed by atoms with van der Waals surface area (Å²) < 4.78 is 4.45. The van der Waals surface area contributed by atoms with Crippen molar-refractivity contribution in [3.05, 3.63) is 35.4 Å². The average molecular weight is 307 g/mol. The molecule has 1 aromatic rings. The highest BCUT2D eigenvalue weighted by molar-refractivity contribution is 5.93. The van der Waals surface area contributed by atoms with Crippen molar-refractivity contribution in [1.29, 1.82) is 0 Å². The van der Waals surface area contributed by atoms with Crippen LogP contribution in [0.15, 0.2) is 24.3 Å². The molecule has 5 nitrogen and oxygen atoms in total. The molecule has 5 heteroatoms. The summed E-state index contributed by atoms with van der Waals surface area (Å²) in [4.78, 5) is 23.1. The molecule has 122 valence electrons. The molecular formula is C17H27N2O3+. The summed E-state index contributed by atoms with van der Waals surface area (Å²) in [7, 11) is 1.24. The Morgan fingerprint density at radius 3 is 2.23 bits per heavy atom. The van der Waals surface area contributed by atoms with Crippen molar-refractivity contribution in [3.8, 4) is 0 Å². The summed E-state index contributed by atoms with van der Waals surface area (Å²) in [6.07, 6.45) is 0.285. The third-order valence-electron chi connectivity index (χ3n) is 3.81. The number of hydrogen-bond acceptors (Lipinski definition) is 3. The number of aryl methyl sites for hydroxylation is 1. The Bertz CT molecular complexity index is 497. The van der Waals surface area contributed by atoms with Crippen molar-refractivity contribution in [1.82, 2.24) is 5.32 Å². The molecule has 1 rings (SSSR count). The van der Waals surface area contributed by atoms with Gasteiger partial charge in [-0.15, -0.1) is 0 Å². The third kappa shape index (κ3) is 5.15. The molecular weight excluding hydrogens is 280 g/mol. The second kappa shape index (κ2) is 8.54. The number of nitrogens with two attached hydrogens (primary N) is 1. The molecule has 0 aliphatic rings. The van der Waals surface area contributed by atoms with E-state index in [1.807, 2.05) is 5.32 Å². The Morgan fingerprint density at radius 2 is 1.77 bits per heavy atom. The fraction of sp³-hybridized carbons (Fsp3) is 0.529. The number of rotatable bonds is 6. The van der Waals surface area contributed by atoms with Gasteiger partial charge in [0.15, 0.2) is 6.04 Å². The molecule has 0 aliphatic carbocycles. The van der Waals surface area contributed by atoms with E-state index < -0.39 is 6.09 Å². The Balaban J connectivity index is 2.78. The minimum Gasteiger partial charge on any atom is -0.453 e. The van der Waals surface area contributed by atoms with Crippen molar-refractivity contribution in [3.63, 3.8) is 0 Å². The molecule has 2 amide bonds. The van der Waals surface area contributed by atoms with E-state index in [-0.39, 0.29) is 18.0 Å². The van der Waals surface area contributed by atoms with E-state index in [0.717, 1.165) is 6.42 Å². The molecule has 0 spiro atoms. The van der Waals surface area contributed by atoms with Gasteiger partial charge in [-0.25, -0.2) is 4.79 Å². The lowest BCUT2D eigenvalue weighted by molar-refractivity contribution is -0.719. The first-order valence-electron chi connectivity index (χ1n) is 7.71. The van der Waals surface area contributed by atoms with Gasteiger partial charge in [-0.2, -0.15) is 0 Å². The van der Waals surface area contributed by atoms with E-state index in [0.29, 0.717) is 5.92 Å². The number of ether oxygens (including phenoxy) is 1. The number of quaternary nitrogens is 1. The van der Waals surface area contributed by atoms with Crippen LogP contribution in [0.1, 0.15) is 44.9 Å². The number of imide groups is 1. The van der Waals surface area contributed by atoms with E-state index in [1.165, 1.54) is 18.2 Å². The van der Waals surface area contributed by atoms with Crippen LogP contribution in [0, 0.1) is 5.92 Å². The second-order valence-electron chi connectivity index (χ2n) is 5.83. The largest absolute Gasteiger partial charge is 0.453 e. The lowest BCUT2D eigenvalue weighted by atomic mass is 9.94. The summed E-state index contributed by atoms with van der Waals surface area (Å²) in [5.41, 5.74) is 2.48. The predicted octanol–water partition coefficient (Wildman–Crippen LogP) is 1.78. The van der Waals surface area contributed by atoms with E-state index in [2.05, 4.69) is 55.1 Å². The maximum Gasteiger partial charge on any atom is 0.413 e. The maximum absolute atomic E-state index is 12.0. The standard InChI is InChI=1S/C17H26N2O3/c1-6-13-7-9-14(10-8-13)15(11(2)3)18-12(4)16(20)19-17(21)22-5/h7-12,15,18H,6H2,1-5H3,(H,19,20,21)/p+1/t12-,15-/m0/s1. The van der Waals surface area contributed by atoms with Crippen molar-refractivity contribution in [2.45, 2.75) is 46.2 Å². The molecule has 3 N–H and O–H groups in total. The van der Waals surface area contributed by atoms with Crippen molar-refractivity contribution in [2.24, 2.45) is 5.92 Å². The minimum absolute atomic E-state index is 0.157. The minimum atomic E-state index is -0.723. The molecule has 1 aromatic carbocycles. The fourth-order valence-corrected chi connectivity index (χ4v) is 2.36. The first-order valence-corrected chi connectivity index (χ1v) is 7.71. The monoisotopic (exact) mass is 307 g/mol. The van der Waals surface area contributed by atoms with Crippen LogP contribution < -0.4 is 10.6 Å². The average Bonchev–Trinajstić information content (AvgIpc) is 2.51. The predicted molar refractivity (Wildman–Crippen MR) is 85.3 cm³/mol. The van der Waals surface area contributed by atoms with Crippen LogP contribution in [-0.2, 0) is 16.0 Å². The van der Waals surface area contributed by atoms with Gasteiger partial charge in [0.25, 0.3) is 5.91 Å². The fourth-order valence-electron chi connectivity index (χ4n) is 2.36. The van der Waals surface area contributed by atoms with E-state index in [1.54, 1.807) is 6.92 Å². The molecule has 0 aromatic heterocycles. The quantitative estimate of drug-likeness (QED) is 0.841. The lowest BCUT2D eigenvalue weighted by Gasteiger charge is -2.23. The van der Waals surface area contributed by atoms with Gasteiger partial charge in [0.05, 0.1) is 7.11 Å². The molecule has 0 fully saturated rings. The smallest absolute Gasteiger partial charge is 0.413 e. The van der Waals surface area contributed by atoms with Gasteiger partial charge in [-0.3, -0.25) is 10.1 Å². The lowest BCUT2D eigenvalue weighted by Crippen LogP contribution is -2.93. The van der Waals surface area contributed by atoms with Crippen LogP contribution in [-0.4, -0.2) is 25.2 Å². The zero-order valence-electron chi connectivity index (χ0n) is 14.1. The summed E-state index contributed by atoms with van der Waals surface area (Å²) in [6.45, 7) is 8.16. The Kier molecular flexibility index (Phi) is 7.05. The van der Waals surface area contributed by atoms with Gasteiger partial charge in [0.2, 0.25) is 0 Å². The number of benzene rings is 1. The first kappa shape index (κ1) is 18.2. The number of hydrogen-bond donors (Lipinski definition) is 2. The molecule has 0 radical (unpaired) electrons. The summed E-state index contributed by atoms with van der Waals surface area (Å²) in [6, 6.07) is 8.26. The Hall–Kier alpha value is -1.88. The number of alkyl carbamates (subject to hydrolysis) is 1. The third-order valence-corrected chi connectivity index (χ3v) is 3.81. The highest BCUT2D eigenvalue weighted by atomic mass is 16.5. The number of carbonyl (C=O) groups is 2. The zero-order valence-corrected chi connectivity index (χ0v) is 14.1. The van der Waals surface area contributed by atoms with Gasteiger partial charge in [-0.1, -0.05) is 45.0 Å². The topological polar surface area (TPSA) is 72.0 Å². The van der Waals surface area contributed by atoms with Gasteiger partial charge in [-0.05, 0) is 18.9 Å². The SMILES string of the molecule is CCc1ccc([C@@H]([NH2+][C@@H](C)C(=O)NC(=O)OC)C(C)C)cc1. The maximum atomic E-state index is 12.0. The number of methoxy groups -OCH3 is 1. The summed E-state index contributed by atoms with van der Waals surface area (Å²) in [5.74, 6) is 0.0172. The Morgan fingerprint density at radius 1 is 1.18 bits per heavy atom. The van der Waals surface area contributed by atoms with Crippen LogP contribution >= 0.6 is 0 Å². The van der Waals surface area contributed by atoms with E-state index in [9.17, 15) is 9.59 Å². The van der Waals surface area contributed by atoms with Gasteiger partial charge >= 0.3 is 6.09 Å². The van der Waals surface area contributed by atoms with Crippen molar-refractivity contribution in [2.75, 3.05) is 7.11 Å². The zero-order chi connectivity index (χ0) is 16.7. The molecule has 0 saturated heterocycles. The van der Waals surface area contributed by atoms with Crippen LogP contribution in [0.4, 0.5) is 4.79 Å². The molecule has 0 heterocycles. The van der Waals surface area contributed by atoms with E-state index >= 15 is 0 Å². The molecule has 0 unspecified atom stereocenters. The van der Waals surface area contributed by atoms with E-state index in [4.69, 9.17) is 0 Å². The van der Waals surface area contributed by atoms with Gasteiger partial charge in [0.1, 0.15) is 6.04 Å². The second-order valence-corrected chi connectivity index (χ2v) is 5.83. The molecule has 22 heavy (non-hydrogen) atoms. The first-order chi connectivity index (χ1) is 10.4. The highest BCUT2D eigenvalue weighted by Crippen LogP contribution is 2.18. The molecule has 0 aliphatic heterocycles. The van der Waals surface area contributed by atoms with Crippen molar-refractivity contribution < 1.29 is 19.6 Å². The molecule has 0 bridgehead atoms. The highest BCUT2D eigenvalue weighted by Gasteiger charge is 2.26. The van der Waals surface area contributed by atoms with Crippen molar-refractivity contribution >= 4 is 12.0 Å². The summed E-state index contributed by atoms with van der Waals surface area (Å²) in [5, 5.41) is 4.20. The summed E-state index contributed by atoms with van der Waals surface area (Å²) >= 11 is 0. The number of amides is 2. The van der Waals surface area contributed by atoms with Crippen LogP contribution in [0.5, 0.6) is 0 Å². The van der Waals surface area contributed by atoms with Crippen LogP contribution in [0.2, 0.25) is 0 Å². The molecule has 2 atom stereocenters. The molecule has 0 saturated carbocycles. The number of carbonyl (C=O) groups excluding carboxylic acids is 2. The number of nitrogens with one attached hydrogen (secondary N) is 1. The van der Waals surface area contributed by atoms with Gasteiger partial charge in [0, 0.05) is 11.5 Å². The van der Waals surface area contributed by atoms with Crippen LogP contribution in [0.25, 0.3) is 0 Å². The van der Waals surface area contributed by atoms with Crippen LogP contribution in [0.3, 0.4) is 0 Å². The van der Waals surface area contributed by atoms with Gasteiger partial charge < -0.3 is 10.1 Å².